The molecule has 0 aromatic rings. The SMILES string of the molecule is CC[Si](CC)(CC)C(=C=O)[Si](C)(C)C. The number of hydrogen-bond donors (Lipinski definition) is 0. The van der Waals surface area contributed by atoms with Crippen LogP contribution in [0.25, 0.3) is 0 Å². The van der Waals surface area contributed by atoms with Gasteiger partial charge < -0.3 is 0 Å². The van der Waals surface area contributed by atoms with E-state index in [0.29, 0.717) is 0 Å². The van der Waals surface area contributed by atoms with E-state index in [9.17, 15) is 4.79 Å². The van der Waals surface area contributed by atoms with Gasteiger partial charge in [0.05, 0.1) is 16.1 Å². The maximum Gasteiger partial charge on any atom is 0.114 e. The van der Waals surface area contributed by atoms with Crippen LogP contribution in [-0.2, 0) is 4.79 Å². The van der Waals surface area contributed by atoms with E-state index in [4.69, 9.17) is 0 Å². The summed E-state index contributed by atoms with van der Waals surface area (Å²) in [6.07, 6.45) is 0. The first-order valence-corrected chi connectivity index (χ1v) is 11.8. The monoisotopic (exact) mass is 228 g/mol. The highest BCUT2D eigenvalue weighted by molar-refractivity contribution is 7.07. The summed E-state index contributed by atoms with van der Waals surface area (Å²) in [6, 6.07) is 3.61. The Bertz CT molecular complexity index is 222. The molecule has 0 radical (unpaired) electrons. The predicted octanol–water partition coefficient (Wildman–Crippen LogP) is 3.67. The van der Waals surface area contributed by atoms with Gasteiger partial charge in [0.25, 0.3) is 0 Å². The summed E-state index contributed by atoms with van der Waals surface area (Å²) < 4.78 is 0. The van der Waals surface area contributed by atoms with Crippen LogP contribution in [0.2, 0.25) is 37.8 Å². The van der Waals surface area contributed by atoms with Crippen LogP contribution in [0.5, 0.6) is 0 Å². The van der Waals surface area contributed by atoms with E-state index in [0.717, 1.165) is 0 Å². The van der Waals surface area contributed by atoms with Gasteiger partial charge in [0.1, 0.15) is 5.94 Å². The van der Waals surface area contributed by atoms with Crippen molar-refractivity contribution in [1.82, 2.24) is 0 Å². The maximum atomic E-state index is 11.2. The van der Waals surface area contributed by atoms with Crippen molar-refractivity contribution in [2.75, 3.05) is 0 Å². The fourth-order valence-electron chi connectivity index (χ4n) is 2.34. The third-order valence-electron chi connectivity index (χ3n) is 3.41. The fraction of sp³-hybridized carbons (Fsp3) is 0.818. The van der Waals surface area contributed by atoms with E-state index >= 15 is 0 Å². The molecule has 1 nitrogen and oxygen atoms in total. The van der Waals surface area contributed by atoms with Crippen LogP contribution in [0.1, 0.15) is 20.8 Å². The Kier molecular flexibility index (Phi) is 5.06. The normalized spacial score (nSPS) is 12.4. The van der Waals surface area contributed by atoms with E-state index < -0.39 is 16.1 Å². The molecular weight excluding hydrogens is 204 g/mol. The molecule has 0 aromatic heterocycles. The molecule has 0 bridgehead atoms. The molecule has 0 atom stereocenters. The Morgan fingerprint density at radius 3 is 1.43 bits per heavy atom. The second-order valence-corrected chi connectivity index (χ2v) is 15.8. The topological polar surface area (TPSA) is 17.1 Å². The Hall–Kier alpha value is -0.116. The molecule has 14 heavy (non-hydrogen) atoms. The minimum atomic E-state index is -1.43. The van der Waals surface area contributed by atoms with E-state index in [2.05, 4.69) is 46.4 Å². The molecule has 0 aliphatic rings. The van der Waals surface area contributed by atoms with Crippen LogP contribution >= 0.6 is 0 Å². The largest absolute Gasteiger partial charge is 0.234 e. The first-order valence-electron chi connectivity index (χ1n) is 5.64. The van der Waals surface area contributed by atoms with Gasteiger partial charge >= 0.3 is 0 Å². The van der Waals surface area contributed by atoms with Crippen molar-refractivity contribution in [2.45, 2.75) is 58.5 Å². The summed E-state index contributed by atoms with van der Waals surface area (Å²) in [4.78, 5) is 12.4. The van der Waals surface area contributed by atoms with Gasteiger partial charge in [0.15, 0.2) is 0 Å². The van der Waals surface area contributed by atoms with E-state index in [-0.39, 0.29) is 0 Å². The van der Waals surface area contributed by atoms with Crippen molar-refractivity contribution in [3.05, 3.63) is 4.82 Å². The summed E-state index contributed by atoms with van der Waals surface area (Å²) >= 11 is 0. The lowest BCUT2D eigenvalue weighted by Gasteiger charge is -2.35. The minimum absolute atomic E-state index is 1.20. The fourth-order valence-corrected chi connectivity index (χ4v) is 13.4. The molecule has 0 fully saturated rings. The zero-order valence-corrected chi connectivity index (χ0v) is 12.5. The zero-order chi connectivity index (χ0) is 11.4. The lowest BCUT2D eigenvalue weighted by Crippen LogP contribution is -2.46. The van der Waals surface area contributed by atoms with Gasteiger partial charge in [-0.15, -0.1) is 0 Å². The average Bonchev–Trinajstić information content (AvgIpc) is 2.12. The first-order chi connectivity index (χ1) is 6.37. The highest BCUT2D eigenvalue weighted by Crippen LogP contribution is 2.32. The molecule has 82 valence electrons. The predicted molar refractivity (Wildman–Crippen MR) is 69.7 cm³/mol. The van der Waals surface area contributed by atoms with Crippen LogP contribution in [0.4, 0.5) is 0 Å². The van der Waals surface area contributed by atoms with E-state index in [1.54, 1.807) is 0 Å². The van der Waals surface area contributed by atoms with Gasteiger partial charge in [0.2, 0.25) is 0 Å². The van der Waals surface area contributed by atoms with Crippen molar-refractivity contribution in [1.29, 1.82) is 0 Å². The highest BCUT2D eigenvalue weighted by atomic mass is 28.4. The number of rotatable bonds is 5. The van der Waals surface area contributed by atoms with Gasteiger partial charge in [-0.05, 0) is 4.82 Å². The third kappa shape index (κ3) is 2.69. The molecule has 0 unspecified atom stereocenters. The summed E-state index contributed by atoms with van der Waals surface area (Å²) in [5, 5.41) is 0. The molecule has 0 heterocycles. The van der Waals surface area contributed by atoms with Gasteiger partial charge in [-0.1, -0.05) is 58.5 Å². The second kappa shape index (κ2) is 5.10. The zero-order valence-electron chi connectivity index (χ0n) is 10.5. The molecule has 0 rings (SSSR count). The van der Waals surface area contributed by atoms with E-state index in [1.165, 1.54) is 23.0 Å². The molecule has 0 amide bonds. The van der Waals surface area contributed by atoms with Crippen molar-refractivity contribution in [2.24, 2.45) is 0 Å². The molecule has 0 N–H and O–H groups in total. The highest BCUT2D eigenvalue weighted by Gasteiger charge is 2.39. The Morgan fingerprint density at radius 2 is 1.36 bits per heavy atom. The lowest BCUT2D eigenvalue weighted by molar-refractivity contribution is 0.568. The number of hydrogen-bond acceptors (Lipinski definition) is 1. The molecule has 3 heteroatoms. The second-order valence-electron chi connectivity index (χ2n) is 5.07. The summed E-state index contributed by atoms with van der Waals surface area (Å²) in [5.74, 6) is 2.33. The van der Waals surface area contributed by atoms with E-state index in [1.807, 2.05) is 0 Å². The van der Waals surface area contributed by atoms with Crippen molar-refractivity contribution in [3.8, 4) is 0 Å². The Morgan fingerprint density at radius 1 is 1.00 bits per heavy atom. The molecule has 0 saturated carbocycles. The van der Waals surface area contributed by atoms with Crippen LogP contribution in [0.15, 0.2) is 4.82 Å². The Balaban J connectivity index is 5.29. The Labute approximate surface area is 90.6 Å². The quantitative estimate of drug-likeness (QED) is 0.518. The molecule has 0 spiro atoms. The summed E-state index contributed by atoms with van der Waals surface area (Å²) in [7, 11) is -2.86. The average molecular weight is 228 g/mol. The third-order valence-corrected chi connectivity index (χ3v) is 14.1. The van der Waals surface area contributed by atoms with Gasteiger partial charge in [-0.2, -0.15) is 0 Å². The summed E-state index contributed by atoms with van der Waals surface area (Å²) in [5.41, 5.74) is 0. The van der Waals surface area contributed by atoms with Crippen LogP contribution in [0.3, 0.4) is 0 Å². The molecule has 0 saturated heterocycles. The van der Waals surface area contributed by atoms with Gasteiger partial charge in [-0.25, -0.2) is 4.79 Å². The molecule has 0 aliphatic carbocycles. The van der Waals surface area contributed by atoms with Crippen LogP contribution in [0, 0.1) is 0 Å². The smallest absolute Gasteiger partial charge is 0.114 e. The number of carbonyl (C=O) groups excluding carboxylic acids is 1. The van der Waals surface area contributed by atoms with Crippen molar-refractivity contribution >= 4 is 22.1 Å². The van der Waals surface area contributed by atoms with Crippen LogP contribution < -0.4 is 0 Å². The standard InChI is InChI=1S/C11H24OSi2/c1-7-14(8-2,9-3)11(10-12)13(4,5)6/h7-9H2,1-6H3. The molecule has 0 aromatic carbocycles. The lowest BCUT2D eigenvalue weighted by atomic mass is 10.9. The van der Waals surface area contributed by atoms with Crippen molar-refractivity contribution in [3.63, 3.8) is 0 Å². The van der Waals surface area contributed by atoms with Crippen LogP contribution in [-0.4, -0.2) is 22.1 Å². The van der Waals surface area contributed by atoms with Crippen molar-refractivity contribution < 1.29 is 4.79 Å². The van der Waals surface area contributed by atoms with Gasteiger partial charge in [0, 0.05) is 0 Å². The maximum absolute atomic E-state index is 11.2. The molecule has 0 aliphatic heterocycles. The van der Waals surface area contributed by atoms with Gasteiger partial charge in [-0.3, -0.25) is 0 Å². The minimum Gasteiger partial charge on any atom is -0.234 e. The summed E-state index contributed by atoms with van der Waals surface area (Å²) in [6.45, 7) is 13.6. The molecular formula is C11H24OSi2. The first kappa shape index (κ1) is 13.9.